The third-order valence-corrected chi connectivity index (χ3v) is 7.17. The predicted octanol–water partition coefficient (Wildman–Crippen LogP) is 3.11. The highest BCUT2D eigenvalue weighted by Gasteiger charge is 2.25. The van der Waals surface area contributed by atoms with Crippen LogP contribution in [-0.4, -0.2) is 56.9 Å². The number of H-pyrrole nitrogens is 1. The van der Waals surface area contributed by atoms with E-state index in [9.17, 15) is 9.59 Å². The lowest BCUT2D eigenvalue weighted by Gasteiger charge is -2.33. The van der Waals surface area contributed by atoms with Gasteiger partial charge in [0.1, 0.15) is 11.3 Å². The number of carbonyl (C=O) groups is 1. The Morgan fingerprint density at radius 3 is 2.60 bits per heavy atom. The number of hydrogen-bond acceptors (Lipinski definition) is 7. The number of fused-ring (bicyclic) bond motifs is 1. The Hall–Kier alpha value is -3.43. The number of hydrogen-bond donors (Lipinski definition) is 2. The van der Waals surface area contributed by atoms with Crippen molar-refractivity contribution in [2.45, 2.75) is 70.9 Å². The van der Waals surface area contributed by atoms with Gasteiger partial charge in [-0.2, -0.15) is 5.10 Å². The maximum Gasteiger partial charge on any atom is 0.277 e. The van der Waals surface area contributed by atoms with Crippen LogP contribution < -0.4 is 20.5 Å². The van der Waals surface area contributed by atoms with Crippen molar-refractivity contribution in [3.63, 3.8) is 0 Å². The highest BCUT2D eigenvalue weighted by atomic mass is 16.5. The summed E-state index contributed by atoms with van der Waals surface area (Å²) >= 11 is 0. The number of aromatic nitrogens is 5. The summed E-state index contributed by atoms with van der Waals surface area (Å²) in [5.74, 6) is 1.83. The van der Waals surface area contributed by atoms with Gasteiger partial charge in [-0.1, -0.05) is 19.3 Å². The van der Waals surface area contributed by atoms with Crippen LogP contribution in [0, 0.1) is 6.92 Å². The van der Waals surface area contributed by atoms with Crippen LogP contribution in [0.4, 0.5) is 5.82 Å². The molecule has 0 bridgehead atoms. The Bertz CT molecular complexity index is 1280. The topological polar surface area (TPSA) is 118 Å². The molecule has 2 fully saturated rings. The molecule has 10 heteroatoms. The van der Waals surface area contributed by atoms with Crippen molar-refractivity contribution in [3.8, 4) is 17.1 Å². The SMILES string of the molecule is COc1cc(-c2nc3c(C)nn(C4CCCCC4)c3c(=O)[nH]2)cnc1N1CCC(NC(C)=O)CC1. The average Bonchev–Trinajstić information content (AvgIpc) is 3.21. The molecule has 0 spiro atoms. The molecule has 3 aromatic rings. The fourth-order valence-corrected chi connectivity index (χ4v) is 5.39. The number of carbonyl (C=O) groups excluding carboxylic acids is 1. The van der Waals surface area contributed by atoms with E-state index in [-0.39, 0.29) is 23.6 Å². The summed E-state index contributed by atoms with van der Waals surface area (Å²) in [6, 6.07) is 2.31. The third-order valence-electron chi connectivity index (χ3n) is 7.17. The minimum Gasteiger partial charge on any atom is -0.493 e. The number of aryl methyl sites for hydroxylation is 1. The van der Waals surface area contributed by atoms with Gasteiger partial charge in [0.05, 0.1) is 18.8 Å². The Morgan fingerprint density at radius 1 is 1.17 bits per heavy atom. The van der Waals surface area contributed by atoms with E-state index in [1.165, 1.54) is 6.42 Å². The molecule has 0 aromatic carbocycles. The van der Waals surface area contributed by atoms with Crippen molar-refractivity contribution in [1.29, 1.82) is 0 Å². The Balaban J connectivity index is 1.43. The number of aromatic amines is 1. The molecule has 0 atom stereocenters. The fourth-order valence-electron chi connectivity index (χ4n) is 5.39. The second kappa shape index (κ2) is 9.67. The summed E-state index contributed by atoms with van der Waals surface area (Å²) in [5.41, 5.74) is 2.45. The molecule has 1 amide bonds. The van der Waals surface area contributed by atoms with Crippen molar-refractivity contribution >= 4 is 22.8 Å². The van der Waals surface area contributed by atoms with Crippen LogP contribution in [0.3, 0.4) is 0 Å². The van der Waals surface area contributed by atoms with Gasteiger partial charge in [-0.15, -0.1) is 0 Å². The Labute approximate surface area is 204 Å². The Kier molecular flexibility index (Phi) is 6.44. The van der Waals surface area contributed by atoms with E-state index >= 15 is 0 Å². The van der Waals surface area contributed by atoms with Crippen molar-refractivity contribution < 1.29 is 9.53 Å². The minimum absolute atomic E-state index is 0.00138. The molecule has 3 aromatic heterocycles. The molecular formula is C25H33N7O3. The van der Waals surface area contributed by atoms with Gasteiger partial charge in [-0.05, 0) is 38.7 Å². The molecular weight excluding hydrogens is 446 g/mol. The van der Waals surface area contributed by atoms with Crippen molar-refractivity contribution in [3.05, 3.63) is 28.3 Å². The van der Waals surface area contributed by atoms with Gasteiger partial charge in [-0.3, -0.25) is 14.3 Å². The highest BCUT2D eigenvalue weighted by Crippen LogP contribution is 2.33. The molecule has 5 rings (SSSR count). The monoisotopic (exact) mass is 479 g/mol. The van der Waals surface area contributed by atoms with Crippen LogP contribution >= 0.6 is 0 Å². The smallest absolute Gasteiger partial charge is 0.277 e. The zero-order chi connectivity index (χ0) is 24.5. The molecule has 0 unspecified atom stereocenters. The number of nitrogens with one attached hydrogen (secondary N) is 2. The minimum atomic E-state index is -0.181. The lowest BCUT2D eigenvalue weighted by atomic mass is 9.95. The number of methoxy groups -OCH3 is 1. The molecule has 1 aliphatic carbocycles. The average molecular weight is 480 g/mol. The highest BCUT2D eigenvalue weighted by molar-refractivity contribution is 5.79. The molecule has 186 valence electrons. The van der Waals surface area contributed by atoms with Crippen LogP contribution in [0.15, 0.2) is 17.1 Å². The summed E-state index contributed by atoms with van der Waals surface area (Å²) < 4.78 is 7.56. The first kappa shape index (κ1) is 23.3. The van der Waals surface area contributed by atoms with E-state index in [0.29, 0.717) is 28.2 Å². The number of nitrogens with zero attached hydrogens (tertiary/aromatic N) is 5. The van der Waals surface area contributed by atoms with Crippen molar-refractivity contribution in [2.24, 2.45) is 0 Å². The van der Waals surface area contributed by atoms with Gasteiger partial charge < -0.3 is 19.9 Å². The van der Waals surface area contributed by atoms with E-state index in [1.807, 2.05) is 17.7 Å². The number of ether oxygens (including phenoxy) is 1. The second-order valence-electron chi connectivity index (χ2n) is 9.65. The second-order valence-corrected chi connectivity index (χ2v) is 9.65. The fraction of sp³-hybridized carbons (Fsp3) is 0.560. The number of piperidine rings is 1. The van der Waals surface area contributed by atoms with Crippen molar-refractivity contribution in [1.82, 2.24) is 30.0 Å². The third kappa shape index (κ3) is 4.61. The summed E-state index contributed by atoms with van der Waals surface area (Å²) in [4.78, 5) is 39.1. The first-order valence-corrected chi connectivity index (χ1v) is 12.5. The zero-order valence-corrected chi connectivity index (χ0v) is 20.6. The summed E-state index contributed by atoms with van der Waals surface area (Å²) in [6.45, 7) is 5.00. The first-order valence-electron chi connectivity index (χ1n) is 12.5. The lowest BCUT2D eigenvalue weighted by molar-refractivity contribution is -0.119. The largest absolute Gasteiger partial charge is 0.493 e. The van der Waals surface area contributed by atoms with Crippen LogP contribution in [0.2, 0.25) is 0 Å². The maximum atomic E-state index is 13.2. The van der Waals surface area contributed by atoms with E-state index in [0.717, 1.165) is 63.1 Å². The van der Waals surface area contributed by atoms with Crippen LogP contribution in [0.5, 0.6) is 5.75 Å². The molecule has 1 saturated heterocycles. The predicted molar refractivity (Wildman–Crippen MR) is 134 cm³/mol. The van der Waals surface area contributed by atoms with E-state index in [1.54, 1.807) is 20.2 Å². The van der Waals surface area contributed by atoms with Gasteiger partial charge in [0.2, 0.25) is 5.91 Å². The summed E-state index contributed by atoms with van der Waals surface area (Å²) in [5, 5.41) is 7.70. The van der Waals surface area contributed by atoms with Gasteiger partial charge in [-0.25, -0.2) is 9.97 Å². The zero-order valence-electron chi connectivity index (χ0n) is 20.6. The summed E-state index contributed by atoms with van der Waals surface area (Å²) in [6.07, 6.45) is 9.08. The number of pyridine rings is 1. The standard InChI is InChI=1S/C25H33N7O3/c1-15-21-22(32(30-15)19-7-5-4-6-8-19)25(34)29-23(28-21)17-13-20(35-3)24(26-14-17)31-11-9-18(10-12-31)27-16(2)33/h13-14,18-19H,4-12H2,1-3H3,(H,27,33)(H,28,29,34). The van der Waals surface area contributed by atoms with Crippen LogP contribution in [-0.2, 0) is 4.79 Å². The van der Waals surface area contributed by atoms with E-state index in [4.69, 9.17) is 14.8 Å². The van der Waals surface area contributed by atoms with Gasteiger partial charge in [0.15, 0.2) is 17.1 Å². The summed E-state index contributed by atoms with van der Waals surface area (Å²) in [7, 11) is 1.62. The molecule has 10 nitrogen and oxygen atoms in total. The molecule has 2 N–H and O–H groups in total. The van der Waals surface area contributed by atoms with Crippen molar-refractivity contribution in [2.75, 3.05) is 25.1 Å². The number of rotatable bonds is 5. The quantitative estimate of drug-likeness (QED) is 0.577. The number of anilines is 1. The maximum absolute atomic E-state index is 13.2. The van der Waals surface area contributed by atoms with Gasteiger partial charge in [0.25, 0.3) is 5.56 Å². The van der Waals surface area contributed by atoms with Gasteiger partial charge in [0, 0.05) is 37.8 Å². The lowest BCUT2D eigenvalue weighted by Crippen LogP contribution is -2.44. The molecule has 1 saturated carbocycles. The number of amides is 1. The van der Waals surface area contributed by atoms with Crippen LogP contribution in [0.25, 0.3) is 22.4 Å². The Morgan fingerprint density at radius 2 is 1.91 bits per heavy atom. The first-order chi connectivity index (χ1) is 16.9. The molecule has 4 heterocycles. The molecule has 35 heavy (non-hydrogen) atoms. The van der Waals surface area contributed by atoms with Gasteiger partial charge >= 0.3 is 0 Å². The molecule has 1 aliphatic heterocycles. The normalized spacial score (nSPS) is 17.6. The van der Waals surface area contributed by atoms with E-state index < -0.39 is 0 Å². The van der Waals surface area contributed by atoms with E-state index in [2.05, 4.69) is 20.2 Å². The molecule has 0 radical (unpaired) electrons. The molecule has 2 aliphatic rings. The van der Waals surface area contributed by atoms with Crippen LogP contribution in [0.1, 0.15) is 63.6 Å².